The van der Waals surface area contributed by atoms with Gasteiger partial charge in [0.1, 0.15) is 17.4 Å². The van der Waals surface area contributed by atoms with Crippen LogP contribution in [0.15, 0.2) is 54.6 Å². The smallest absolute Gasteiger partial charge is 0.251 e. The van der Waals surface area contributed by atoms with Crippen molar-refractivity contribution in [2.45, 2.75) is 0 Å². The number of halogens is 3. The molecule has 3 N–H and O–H groups in total. The van der Waals surface area contributed by atoms with Gasteiger partial charge in [0, 0.05) is 29.4 Å². The zero-order valence-corrected chi connectivity index (χ0v) is 17.7. The van der Waals surface area contributed by atoms with Crippen molar-refractivity contribution in [3.05, 3.63) is 87.9 Å². The highest BCUT2D eigenvalue weighted by atomic mass is 35.5. The second kappa shape index (κ2) is 10.2. The molecule has 1 amide bonds. The number of aliphatic hydroxyl groups excluding tert-OH is 1. The van der Waals surface area contributed by atoms with Gasteiger partial charge < -0.3 is 20.5 Å². The lowest BCUT2D eigenvalue weighted by Crippen LogP contribution is -2.26. The molecule has 9 heteroatoms. The maximum atomic E-state index is 13.9. The van der Waals surface area contributed by atoms with Gasteiger partial charge in [0.2, 0.25) is 0 Å². The van der Waals surface area contributed by atoms with Gasteiger partial charge >= 0.3 is 0 Å². The van der Waals surface area contributed by atoms with Crippen LogP contribution < -0.4 is 15.4 Å². The average molecular weight is 461 g/mol. The third-order valence-corrected chi connectivity index (χ3v) is 4.84. The summed E-state index contributed by atoms with van der Waals surface area (Å²) in [7, 11) is 1.39. The van der Waals surface area contributed by atoms with Crippen molar-refractivity contribution in [2.24, 2.45) is 0 Å². The molecule has 3 aromatic rings. The number of hydrogen-bond acceptors (Lipinski definition) is 5. The Kier molecular flexibility index (Phi) is 7.40. The van der Waals surface area contributed by atoms with Crippen molar-refractivity contribution in [1.29, 1.82) is 0 Å². The highest BCUT2D eigenvalue weighted by Gasteiger charge is 2.20. The molecule has 0 fully saturated rings. The van der Waals surface area contributed by atoms with Gasteiger partial charge in [-0.25, -0.2) is 8.78 Å². The van der Waals surface area contributed by atoms with Gasteiger partial charge in [-0.05, 0) is 48.5 Å². The third kappa shape index (κ3) is 5.22. The highest BCUT2D eigenvalue weighted by molar-refractivity contribution is 6.35. The van der Waals surface area contributed by atoms with Crippen molar-refractivity contribution >= 4 is 34.7 Å². The molecule has 0 heterocycles. The number of anilines is 2. The van der Waals surface area contributed by atoms with Crippen molar-refractivity contribution in [2.75, 3.05) is 25.6 Å². The third-order valence-electron chi connectivity index (χ3n) is 4.53. The number of ether oxygens (including phenoxy) is 1. The summed E-state index contributed by atoms with van der Waals surface area (Å²) in [4.78, 5) is 25.3. The van der Waals surface area contributed by atoms with E-state index in [0.29, 0.717) is 5.69 Å². The number of rotatable bonds is 8. The monoisotopic (exact) mass is 460 g/mol. The van der Waals surface area contributed by atoms with Crippen LogP contribution in [-0.4, -0.2) is 37.1 Å². The van der Waals surface area contributed by atoms with Gasteiger partial charge in [-0.2, -0.15) is 0 Å². The van der Waals surface area contributed by atoms with Crippen LogP contribution in [0.5, 0.6) is 5.75 Å². The summed E-state index contributed by atoms with van der Waals surface area (Å²) in [6, 6.07) is 11.9. The molecular weight excluding hydrogens is 442 g/mol. The Labute approximate surface area is 187 Å². The van der Waals surface area contributed by atoms with E-state index in [-0.39, 0.29) is 46.3 Å². The maximum absolute atomic E-state index is 13.9. The number of amides is 1. The zero-order valence-electron chi connectivity index (χ0n) is 16.9. The molecule has 0 bridgehead atoms. The van der Waals surface area contributed by atoms with E-state index in [1.807, 2.05) is 0 Å². The number of methoxy groups -OCH3 is 1. The lowest BCUT2D eigenvalue weighted by Gasteiger charge is -2.13. The number of carbonyl (C=O) groups excluding carboxylic acids is 2. The van der Waals surface area contributed by atoms with Crippen LogP contribution in [0.1, 0.15) is 26.3 Å². The molecule has 0 aromatic heterocycles. The molecule has 0 aliphatic rings. The summed E-state index contributed by atoms with van der Waals surface area (Å²) >= 11 is 6.31. The topological polar surface area (TPSA) is 87.7 Å². The highest BCUT2D eigenvalue weighted by Crippen LogP contribution is 2.30. The number of nitrogens with one attached hydrogen (secondary N) is 2. The molecule has 3 rings (SSSR count). The SMILES string of the molecule is COc1ccc(C(=O)NCCO)cc1C(=O)c1ccc(Nc2ccc(F)cc2F)cc1Cl. The molecular formula is C23H19ClF2N2O4. The number of ketones is 1. The van der Waals surface area contributed by atoms with Gasteiger partial charge in [0.25, 0.3) is 5.91 Å². The summed E-state index contributed by atoms with van der Waals surface area (Å²) < 4.78 is 32.2. The van der Waals surface area contributed by atoms with Crippen LogP contribution in [-0.2, 0) is 0 Å². The standard InChI is InChI=1S/C23H19ClF2N2O4/c1-32-21-7-2-13(23(31)27-8-9-29)10-17(21)22(30)16-5-4-15(12-18(16)24)28-20-6-3-14(25)11-19(20)26/h2-7,10-12,28-29H,8-9H2,1H3,(H,27,31). The fraction of sp³-hybridized carbons (Fsp3) is 0.130. The largest absolute Gasteiger partial charge is 0.496 e. The Bertz CT molecular complexity index is 1170. The second-order valence-electron chi connectivity index (χ2n) is 6.67. The van der Waals surface area contributed by atoms with E-state index in [0.717, 1.165) is 12.1 Å². The molecule has 0 aliphatic carbocycles. The van der Waals surface area contributed by atoms with E-state index in [1.54, 1.807) is 0 Å². The van der Waals surface area contributed by atoms with Crippen LogP contribution in [0.2, 0.25) is 5.02 Å². The van der Waals surface area contributed by atoms with Crippen LogP contribution >= 0.6 is 11.6 Å². The van der Waals surface area contributed by atoms with Gasteiger partial charge in [-0.15, -0.1) is 0 Å². The van der Waals surface area contributed by atoms with Gasteiger partial charge in [0.15, 0.2) is 5.78 Å². The molecule has 0 unspecified atom stereocenters. The number of hydrogen-bond donors (Lipinski definition) is 3. The Hall–Kier alpha value is -3.49. The van der Waals surface area contributed by atoms with Crippen LogP contribution in [0.4, 0.5) is 20.2 Å². The average Bonchev–Trinajstić information content (AvgIpc) is 2.78. The van der Waals surface area contributed by atoms with E-state index in [2.05, 4.69) is 10.6 Å². The lowest BCUT2D eigenvalue weighted by atomic mass is 9.99. The predicted octanol–water partition coefficient (Wildman–Crippen LogP) is 4.32. The fourth-order valence-electron chi connectivity index (χ4n) is 2.97. The molecule has 0 atom stereocenters. The normalized spacial score (nSPS) is 10.5. The number of aliphatic hydroxyl groups is 1. The first kappa shape index (κ1) is 23.2. The summed E-state index contributed by atoms with van der Waals surface area (Å²) in [5.41, 5.74) is 0.911. The van der Waals surface area contributed by atoms with E-state index in [1.165, 1.54) is 49.6 Å². The Morgan fingerprint density at radius 1 is 1.03 bits per heavy atom. The summed E-state index contributed by atoms with van der Waals surface area (Å²) in [6.45, 7) is -0.144. The van der Waals surface area contributed by atoms with E-state index in [4.69, 9.17) is 21.4 Å². The number of carbonyl (C=O) groups is 2. The molecule has 0 saturated carbocycles. The quantitative estimate of drug-likeness (QED) is 0.436. The predicted molar refractivity (Wildman–Crippen MR) is 117 cm³/mol. The Morgan fingerprint density at radius 3 is 2.47 bits per heavy atom. The first-order valence-corrected chi connectivity index (χ1v) is 9.85. The molecule has 166 valence electrons. The van der Waals surface area contributed by atoms with E-state index >= 15 is 0 Å². The van der Waals surface area contributed by atoms with Crippen LogP contribution in [0.3, 0.4) is 0 Å². The minimum atomic E-state index is -0.776. The second-order valence-corrected chi connectivity index (χ2v) is 7.07. The van der Waals surface area contributed by atoms with Crippen LogP contribution in [0, 0.1) is 11.6 Å². The molecule has 0 saturated heterocycles. The maximum Gasteiger partial charge on any atom is 0.251 e. The Balaban J connectivity index is 1.89. The minimum Gasteiger partial charge on any atom is -0.496 e. The number of benzene rings is 3. The molecule has 3 aromatic carbocycles. The van der Waals surface area contributed by atoms with Crippen molar-refractivity contribution in [1.82, 2.24) is 5.32 Å². The van der Waals surface area contributed by atoms with Crippen LogP contribution in [0.25, 0.3) is 0 Å². The Morgan fingerprint density at radius 2 is 1.81 bits per heavy atom. The van der Waals surface area contributed by atoms with Gasteiger partial charge in [-0.3, -0.25) is 9.59 Å². The summed E-state index contributed by atoms with van der Waals surface area (Å²) in [6.07, 6.45) is 0. The van der Waals surface area contributed by atoms with E-state index < -0.39 is 23.3 Å². The molecule has 0 aliphatic heterocycles. The molecule has 6 nitrogen and oxygen atoms in total. The lowest BCUT2D eigenvalue weighted by molar-refractivity contribution is 0.0944. The van der Waals surface area contributed by atoms with Gasteiger partial charge in [-0.1, -0.05) is 11.6 Å². The summed E-state index contributed by atoms with van der Waals surface area (Å²) in [5.74, 6) is -2.16. The molecule has 0 radical (unpaired) electrons. The molecule has 32 heavy (non-hydrogen) atoms. The fourth-order valence-corrected chi connectivity index (χ4v) is 3.23. The van der Waals surface area contributed by atoms with E-state index in [9.17, 15) is 18.4 Å². The van der Waals surface area contributed by atoms with Crippen molar-refractivity contribution in [3.8, 4) is 5.75 Å². The van der Waals surface area contributed by atoms with Crippen molar-refractivity contribution < 1.29 is 28.2 Å². The molecule has 0 spiro atoms. The first-order chi connectivity index (χ1) is 15.3. The minimum absolute atomic E-state index is 0.0461. The first-order valence-electron chi connectivity index (χ1n) is 9.47. The summed E-state index contributed by atoms with van der Waals surface area (Å²) in [5, 5.41) is 14.2. The van der Waals surface area contributed by atoms with Gasteiger partial charge in [0.05, 0.1) is 30.0 Å². The van der Waals surface area contributed by atoms with Crippen molar-refractivity contribution in [3.63, 3.8) is 0 Å². The zero-order chi connectivity index (χ0) is 23.3.